The summed E-state index contributed by atoms with van der Waals surface area (Å²) in [6.07, 6.45) is 3.66. The zero-order valence-electron chi connectivity index (χ0n) is 11.1. The van der Waals surface area contributed by atoms with E-state index in [1.807, 2.05) is 30.3 Å². The van der Waals surface area contributed by atoms with Crippen LogP contribution in [-0.4, -0.2) is 12.0 Å². The molecule has 1 aliphatic heterocycles. The van der Waals surface area contributed by atoms with Crippen LogP contribution in [0.5, 0.6) is 0 Å². The Bertz CT molecular complexity index is 389. The van der Waals surface area contributed by atoms with Crippen molar-refractivity contribution in [2.24, 2.45) is 11.1 Å². The predicted octanol–water partition coefficient (Wildman–Crippen LogP) is 3.74. The first-order chi connectivity index (χ1) is 8.75. The Kier molecular flexibility index (Phi) is 4.62. The van der Waals surface area contributed by atoms with Gasteiger partial charge in [0.2, 0.25) is 5.90 Å². The first kappa shape index (κ1) is 12.9. The van der Waals surface area contributed by atoms with Gasteiger partial charge in [-0.2, -0.15) is 0 Å². The van der Waals surface area contributed by atoms with E-state index in [1.54, 1.807) is 0 Å². The van der Waals surface area contributed by atoms with Gasteiger partial charge < -0.3 is 9.57 Å². The SMILES string of the molecule is C[C@@H]1CCC[C@@H](C)/C(=N/OCc2ccccc2)O1. The zero-order chi connectivity index (χ0) is 12.8. The highest BCUT2D eigenvalue weighted by Gasteiger charge is 2.20. The maximum Gasteiger partial charge on any atom is 0.228 e. The molecular weight excluding hydrogens is 226 g/mol. The van der Waals surface area contributed by atoms with E-state index in [1.165, 1.54) is 6.42 Å². The van der Waals surface area contributed by atoms with Crippen LogP contribution in [0.2, 0.25) is 0 Å². The molecule has 0 unspecified atom stereocenters. The minimum Gasteiger partial charge on any atom is -0.475 e. The molecule has 2 atom stereocenters. The Balaban J connectivity index is 1.91. The summed E-state index contributed by atoms with van der Waals surface area (Å²) in [5.41, 5.74) is 1.12. The van der Waals surface area contributed by atoms with Gasteiger partial charge in [-0.25, -0.2) is 0 Å². The molecule has 0 saturated carbocycles. The van der Waals surface area contributed by atoms with Gasteiger partial charge in [0.1, 0.15) is 6.61 Å². The van der Waals surface area contributed by atoms with Crippen molar-refractivity contribution in [2.45, 2.75) is 45.8 Å². The van der Waals surface area contributed by atoms with Crippen molar-refractivity contribution < 1.29 is 9.57 Å². The van der Waals surface area contributed by atoms with E-state index in [0.717, 1.165) is 24.3 Å². The standard InChI is InChI=1S/C15H21NO2/c1-12-7-6-8-13(2)18-15(12)16-17-11-14-9-4-3-5-10-14/h3-5,9-10,12-13H,6-8,11H2,1-2H3/b16-15-/t12-,13-/m1/s1. The molecule has 1 fully saturated rings. The van der Waals surface area contributed by atoms with Crippen LogP contribution in [0.1, 0.15) is 38.7 Å². The van der Waals surface area contributed by atoms with Crippen LogP contribution in [0.3, 0.4) is 0 Å². The van der Waals surface area contributed by atoms with E-state index < -0.39 is 0 Å². The molecule has 0 bridgehead atoms. The summed E-state index contributed by atoms with van der Waals surface area (Å²) in [6, 6.07) is 10.0. The van der Waals surface area contributed by atoms with Crippen LogP contribution in [0.25, 0.3) is 0 Å². The van der Waals surface area contributed by atoms with E-state index in [9.17, 15) is 0 Å². The molecule has 2 rings (SSSR count). The van der Waals surface area contributed by atoms with Gasteiger partial charge in [-0.15, -0.1) is 0 Å². The summed E-state index contributed by atoms with van der Waals surface area (Å²) >= 11 is 0. The van der Waals surface area contributed by atoms with Crippen LogP contribution in [0.15, 0.2) is 35.5 Å². The number of oxime groups is 1. The lowest BCUT2D eigenvalue weighted by Gasteiger charge is -2.14. The van der Waals surface area contributed by atoms with Crippen molar-refractivity contribution in [1.29, 1.82) is 0 Å². The molecule has 1 saturated heterocycles. The monoisotopic (exact) mass is 247 g/mol. The number of ether oxygens (including phenoxy) is 1. The molecule has 0 amide bonds. The van der Waals surface area contributed by atoms with Gasteiger partial charge in [0.05, 0.1) is 6.10 Å². The van der Waals surface area contributed by atoms with Gasteiger partial charge in [0, 0.05) is 5.92 Å². The third-order valence-electron chi connectivity index (χ3n) is 3.22. The third kappa shape index (κ3) is 3.76. The number of rotatable bonds is 3. The Hall–Kier alpha value is -1.51. The van der Waals surface area contributed by atoms with Gasteiger partial charge in [-0.1, -0.05) is 42.4 Å². The molecule has 0 radical (unpaired) electrons. The lowest BCUT2D eigenvalue weighted by atomic mass is 10.1. The first-order valence-corrected chi connectivity index (χ1v) is 6.66. The Morgan fingerprint density at radius 2 is 2.00 bits per heavy atom. The van der Waals surface area contributed by atoms with Crippen LogP contribution in [0.4, 0.5) is 0 Å². The fourth-order valence-corrected chi connectivity index (χ4v) is 2.07. The number of hydrogen-bond donors (Lipinski definition) is 0. The maximum absolute atomic E-state index is 5.79. The van der Waals surface area contributed by atoms with E-state index in [2.05, 4.69) is 19.0 Å². The fraction of sp³-hybridized carbons (Fsp3) is 0.533. The molecule has 1 aliphatic rings. The van der Waals surface area contributed by atoms with Crippen molar-refractivity contribution in [3.63, 3.8) is 0 Å². The second kappa shape index (κ2) is 6.43. The van der Waals surface area contributed by atoms with E-state index in [0.29, 0.717) is 12.5 Å². The third-order valence-corrected chi connectivity index (χ3v) is 3.22. The summed E-state index contributed by atoms with van der Waals surface area (Å²) in [4.78, 5) is 5.40. The Morgan fingerprint density at radius 3 is 2.78 bits per heavy atom. The van der Waals surface area contributed by atoms with Crippen molar-refractivity contribution in [2.75, 3.05) is 0 Å². The first-order valence-electron chi connectivity index (χ1n) is 6.66. The quantitative estimate of drug-likeness (QED) is 0.762. The predicted molar refractivity (Wildman–Crippen MR) is 72.2 cm³/mol. The Morgan fingerprint density at radius 1 is 1.22 bits per heavy atom. The lowest BCUT2D eigenvalue weighted by Crippen LogP contribution is -2.17. The summed E-state index contributed by atoms with van der Waals surface area (Å²) in [6.45, 7) is 4.72. The van der Waals surface area contributed by atoms with Crippen molar-refractivity contribution in [3.8, 4) is 0 Å². The molecule has 3 heteroatoms. The van der Waals surface area contributed by atoms with Gasteiger partial charge in [-0.05, 0) is 31.7 Å². The zero-order valence-corrected chi connectivity index (χ0v) is 11.1. The summed E-state index contributed by atoms with van der Waals surface area (Å²) in [5, 5.41) is 4.16. The van der Waals surface area contributed by atoms with Crippen molar-refractivity contribution in [1.82, 2.24) is 0 Å². The normalized spacial score (nSPS) is 26.4. The minimum atomic E-state index is 0.244. The van der Waals surface area contributed by atoms with Crippen LogP contribution in [0, 0.1) is 5.92 Å². The topological polar surface area (TPSA) is 30.8 Å². The fourth-order valence-electron chi connectivity index (χ4n) is 2.07. The van der Waals surface area contributed by atoms with Crippen LogP contribution >= 0.6 is 0 Å². The van der Waals surface area contributed by atoms with Gasteiger partial charge in [0.15, 0.2) is 0 Å². The number of nitrogens with zero attached hydrogens (tertiary/aromatic N) is 1. The molecule has 0 aliphatic carbocycles. The average molecular weight is 247 g/mol. The van der Waals surface area contributed by atoms with E-state index in [4.69, 9.17) is 9.57 Å². The molecule has 18 heavy (non-hydrogen) atoms. The largest absolute Gasteiger partial charge is 0.475 e. The smallest absolute Gasteiger partial charge is 0.228 e. The Labute approximate surface area is 109 Å². The van der Waals surface area contributed by atoms with Gasteiger partial charge in [-0.3, -0.25) is 0 Å². The molecule has 0 spiro atoms. The van der Waals surface area contributed by atoms with Gasteiger partial charge in [0.25, 0.3) is 0 Å². The number of benzene rings is 1. The molecule has 1 heterocycles. The molecular formula is C15H21NO2. The highest BCUT2D eigenvalue weighted by Crippen LogP contribution is 2.20. The van der Waals surface area contributed by atoms with E-state index in [-0.39, 0.29) is 6.10 Å². The molecule has 1 aromatic carbocycles. The number of hydrogen-bond acceptors (Lipinski definition) is 3. The molecule has 3 nitrogen and oxygen atoms in total. The molecule has 1 aromatic rings. The van der Waals surface area contributed by atoms with Gasteiger partial charge >= 0.3 is 0 Å². The highest BCUT2D eigenvalue weighted by atomic mass is 16.6. The molecule has 0 aromatic heterocycles. The van der Waals surface area contributed by atoms with Crippen LogP contribution < -0.4 is 0 Å². The molecule has 0 N–H and O–H groups in total. The summed E-state index contributed by atoms with van der Waals surface area (Å²) in [5.74, 6) is 1.10. The summed E-state index contributed by atoms with van der Waals surface area (Å²) in [7, 11) is 0. The van der Waals surface area contributed by atoms with Crippen molar-refractivity contribution in [3.05, 3.63) is 35.9 Å². The minimum absolute atomic E-state index is 0.244. The summed E-state index contributed by atoms with van der Waals surface area (Å²) < 4.78 is 5.79. The second-order valence-electron chi connectivity index (χ2n) is 4.95. The van der Waals surface area contributed by atoms with Crippen molar-refractivity contribution >= 4 is 5.90 Å². The van der Waals surface area contributed by atoms with Crippen LogP contribution in [-0.2, 0) is 16.2 Å². The average Bonchev–Trinajstić information content (AvgIpc) is 2.53. The lowest BCUT2D eigenvalue weighted by molar-refractivity contribution is 0.107. The highest BCUT2D eigenvalue weighted by molar-refractivity contribution is 5.78. The maximum atomic E-state index is 5.79. The second-order valence-corrected chi connectivity index (χ2v) is 4.95. The molecule has 98 valence electrons. The van der Waals surface area contributed by atoms with E-state index >= 15 is 0 Å².